The van der Waals surface area contributed by atoms with Crippen LogP contribution in [-0.2, 0) is 9.53 Å². The summed E-state index contributed by atoms with van der Waals surface area (Å²) < 4.78 is 46.8. The molecule has 1 N–H and O–H groups in total. The van der Waals surface area contributed by atoms with Gasteiger partial charge in [-0.1, -0.05) is 22.8 Å². The maximum Gasteiger partial charge on any atom is 0.522 e. The van der Waals surface area contributed by atoms with Crippen LogP contribution in [-0.4, -0.2) is 52.1 Å². The second-order valence-corrected chi connectivity index (χ2v) is 6.91. The second-order valence-electron chi connectivity index (χ2n) is 6.91. The number of nitrogens with one attached hydrogen (secondary N) is 1. The number of halogens is 3. The zero-order chi connectivity index (χ0) is 20.5. The Kier molecular flexibility index (Phi) is 5.59. The molecule has 3 atom stereocenters. The number of anilines is 1. The Morgan fingerprint density at radius 1 is 1.32 bits per heavy atom. The predicted octanol–water partition coefficient (Wildman–Crippen LogP) is 3.37. The molecular weight excluding hydrogens is 377 g/mol. The summed E-state index contributed by atoms with van der Waals surface area (Å²) >= 11 is 0. The highest BCUT2D eigenvalue weighted by molar-refractivity contribution is 5.84. The molecule has 2 aromatic rings. The molecule has 10 heteroatoms. The van der Waals surface area contributed by atoms with E-state index in [4.69, 9.17) is 4.42 Å². The van der Waals surface area contributed by atoms with Gasteiger partial charge in [0.05, 0.1) is 6.10 Å². The molecule has 0 aliphatic carbocycles. The zero-order valence-corrected chi connectivity index (χ0v) is 15.7. The molecule has 0 saturated carbocycles. The van der Waals surface area contributed by atoms with Gasteiger partial charge in [0.25, 0.3) is 0 Å². The SMILES string of the molecule is Cc1ccc(-c2nnc(N[C@H](C)C(=O)N3C[C@@H](OC(F)(F)F)C[C@H]3C)o2)cc1. The lowest BCUT2D eigenvalue weighted by molar-refractivity contribution is -0.340. The van der Waals surface area contributed by atoms with Gasteiger partial charge in [0, 0.05) is 18.2 Å². The summed E-state index contributed by atoms with van der Waals surface area (Å²) in [4.78, 5) is 14.0. The first-order valence-electron chi connectivity index (χ1n) is 8.84. The van der Waals surface area contributed by atoms with Crippen molar-refractivity contribution in [2.24, 2.45) is 0 Å². The number of aryl methyl sites for hydroxylation is 1. The molecule has 1 aliphatic rings. The van der Waals surface area contributed by atoms with Gasteiger partial charge in [-0.05, 0) is 39.3 Å². The largest absolute Gasteiger partial charge is 0.522 e. The standard InChI is InChI=1S/C18H21F3N4O3/c1-10-4-6-13(7-5-10)15-23-24-17(27-15)22-12(3)16(26)25-9-14(8-11(25)2)28-18(19,20)21/h4-7,11-12,14H,8-9H2,1-3H3,(H,22,24)/t11-,12-,14+/m1/s1. The summed E-state index contributed by atoms with van der Waals surface area (Å²) in [5, 5.41) is 10.6. The average Bonchev–Trinajstić information content (AvgIpc) is 3.20. The Balaban J connectivity index is 1.61. The van der Waals surface area contributed by atoms with E-state index in [9.17, 15) is 18.0 Å². The van der Waals surface area contributed by atoms with Crippen LogP contribution in [0.1, 0.15) is 25.8 Å². The molecule has 7 nitrogen and oxygen atoms in total. The number of aromatic nitrogens is 2. The van der Waals surface area contributed by atoms with Gasteiger partial charge < -0.3 is 14.6 Å². The molecule has 1 amide bonds. The third kappa shape index (κ3) is 4.80. The summed E-state index contributed by atoms with van der Waals surface area (Å²) in [6, 6.07) is 6.45. The normalized spacial score (nSPS) is 21.0. The van der Waals surface area contributed by atoms with Crippen molar-refractivity contribution in [3.8, 4) is 11.5 Å². The molecule has 1 aliphatic heterocycles. The van der Waals surface area contributed by atoms with Crippen molar-refractivity contribution in [3.05, 3.63) is 29.8 Å². The van der Waals surface area contributed by atoms with Crippen LogP contribution in [0.25, 0.3) is 11.5 Å². The Labute approximate surface area is 159 Å². The Morgan fingerprint density at radius 3 is 2.64 bits per heavy atom. The summed E-state index contributed by atoms with van der Waals surface area (Å²) in [5.41, 5.74) is 1.83. The fourth-order valence-electron chi connectivity index (χ4n) is 3.15. The lowest BCUT2D eigenvalue weighted by atomic mass is 10.1. The third-order valence-corrected chi connectivity index (χ3v) is 4.55. The summed E-state index contributed by atoms with van der Waals surface area (Å²) in [7, 11) is 0. The molecule has 0 bridgehead atoms. The molecular formula is C18H21F3N4O3. The minimum atomic E-state index is -4.72. The average molecular weight is 398 g/mol. The molecule has 0 unspecified atom stereocenters. The Hall–Kier alpha value is -2.62. The minimum absolute atomic E-state index is 0.0615. The third-order valence-electron chi connectivity index (χ3n) is 4.55. The van der Waals surface area contributed by atoms with E-state index < -0.39 is 18.5 Å². The van der Waals surface area contributed by atoms with Crippen molar-refractivity contribution in [1.29, 1.82) is 0 Å². The van der Waals surface area contributed by atoms with Gasteiger partial charge in [0.1, 0.15) is 6.04 Å². The molecule has 3 rings (SSSR count). The molecule has 0 spiro atoms. The molecule has 2 heterocycles. The van der Waals surface area contributed by atoms with E-state index in [1.807, 2.05) is 31.2 Å². The molecule has 1 aromatic carbocycles. The number of likely N-dealkylation sites (tertiary alicyclic amines) is 1. The van der Waals surface area contributed by atoms with Crippen LogP contribution in [0.2, 0.25) is 0 Å². The van der Waals surface area contributed by atoms with Gasteiger partial charge in [0.15, 0.2) is 0 Å². The number of nitrogens with zero attached hydrogens (tertiary/aromatic N) is 3. The van der Waals surface area contributed by atoms with E-state index in [1.54, 1.807) is 13.8 Å². The van der Waals surface area contributed by atoms with Crippen molar-refractivity contribution >= 4 is 11.9 Å². The van der Waals surface area contributed by atoms with E-state index in [-0.39, 0.29) is 30.9 Å². The van der Waals surface area contributed by atoms with Gasteiger partial charge in [-0.15, -0.1) is 18.3 Å². The van der Waals surface area contributed by atoms with Gasteiger partial charge in [-0.25, -0.2) is 0 Å². The number of rotatable bonds is 5. The monoisotopic (exact) mass is 398 g/mol. The van der Waals surface area contributed by atoms with E-state index in [2.05, 4.69) is 20.3 Å². The van der Waals surface area contributed by atoms with Crippen molar-refractivity contribution in [2.45, 2.75) is 51.7 Å². The second kappa shape index (κ2) is 7.78. The number of benzene rings is 1. The van der Waals surface area contributed by atoms with Crippen LogP contribution >= 0.6 is 0 Å². The summed E-state index contributed by atoms with van der Waals surface area (Å²) in [5.74, 6) is -0.0637. The van der Waals surface area contributed by atoms with Gasteiger partial charge >= 0.3 is 12.4 Å². The Bertz CT molecular complexity index is 822. The van der Waals surface area contributed by atoms with Crippen LogP contribution < -0.4 is 5.32 Å². The molecule has 1 saturated heterocycles. The van der Waals surface area contributed by atoms with Crippen molar-refractivity contribution in [2.75, 3.05) is 11.9 Å². The first-order chi connectivity index (χ1) is 13.1. The number of amides is 1. The topological polar surface area (TPSA) is 80.5 Å². The first-order valence-corrected chi connectivity index (χ1v) is 8.84. The highest BCUT2D eigenvalue weighted by atomic mass is 19.4. The molecule has 152 valence electrons. The van der Waals surface area contributed by atoms with Crippen LogP contribution in [0.4, 0.5) is 19.2 Å². The van der Waals surface area contributed by atoms with Crippen LogP contribution in [0.3, 0.4) is 0 Å². The van der Waals surface area contributed by atoms with E-state index >= 15 is 0 Å². The van der Waals surface area contributed by atoms with Gasteiger partial charge in [-0.3, -0.25) is 9.53 Å². The van der Waals surface area contributed by atoms with Crippen molar-refractivity contribution in [1.82, 2.24) is 15.1 Å². The fourth-order valence-corrected chi connectivity index (χ4v) is 3.15. The smallest absolute Gasteiger partial charge is 0.403 e. The van der Waals surface area contributed by atoms with Crippen LogP contribution in [0.15, 0.2) is 28.7 Å². The number of hydrogen-bond donors (Lipinski definition) is 1. The van der Waals surface area contributed by atoms with Gasteiger partial charge in [0.2, 0.25) is 11.8 Å². The number of carbonyl (C=O) groups excluding carboxylic acids is 1. The maximum atomic E-state index is 12.6. The fraction of sp³-hybridized carbons (Fsp3) is 0.500. The maximum absolute atomic E-state index is 12.6. The van der Waals surface area contributed by atoms with E-state index in [0.29, 0.717) is 5.89 Å². The lowest BCUT2D eigenvalue weighted by Crippen LogP contribution is -2.43. The van der Waals surface area contributed by atoms with Crippen LogP contribution in [0, 0.1) is 6.92 Å². The van der Waals surface area contributed by atoms with E-state index in [1.165, 1.54) is 4.90 Å². The summed E-state index contributed by atoms with van der Waals surface area (Å²) in [6.07, 6.45) is -5.66. The molecule has 1 aromatic heterocycles. The number of carbonyl (C=O) groups is 1. The predicted molar refractivity (Wildman–Crippen MR) is 94.3 cm³/mol. The summed E-state index contributed by atoms with van der Waals surface area (Å²) in [6.45, 7) is 5.11. The quantitative estimate of drug-likeness (QED) is 0.832. The van der Waals surface area contributed by atoms with Crippen molar-refractivity contribution in [3.63, 3.8) is 0 Å². The molecule has 1 fully saturated rings. The van der Waals surface area contributed by atoms with E-state index in [0.717, 1.165) is 11.1 Å². The minimum Gasteiger partial charge on any atom is -0.403 e. The number of hydrogen-bond acceptors (Lipinski definition) is 6. The first kappa shape index (κ1) is 20.1. The number of alkyl halides is 3. The van der Waals surface area contributed by atoms with Crippen molar-refractivity contribution < 1.29 is 27.1 Å². The lowest BCUT2D eigenvalue weighted by Gasteiger charge is -2.25. The highest BCUT2D eigenvalue weighted by Crippen LogP contribution is 2.28. The number of ether oxygens (including phenoxy) is 1. The Morgan fingerprint density at radius 2 is 2.00 bits per heavy atom. The molecule has 0 radical (unpaired) electrons. The zero-order valence-electron chi connectivity index (χ0n) is 15.7. The van der Waals surface area contributed by atoms with Crippen LogP contribution in [0.5, 0.6) is 0 Å². The van der Waals surface area contributed by atoms with Gasteiger partial charge in [-0.2, -0.15) is 0 Å². The highest BCUT2D eigenvalue weighted by Gasteiger charge is 2.41. The molecule has 28 heavy (non-hydrogen) atoms.